The highest BCUT2D eigenvalue weighted by Crippen LogP contribution is 2.18. The molecular weight excluding hydrogens is 374 g/mol. The lowest BCUT2D eigenvalue weighted by atomic mass is 10.0. The number of hydroxylamine groups is 3. The number of unbranched alkanes of at least 4 members (excludes halogenated alkanes) is 15. The van der Waals surface area contributed by atoms with Crippen LogP contribution in [0.5, 0.6) is 0 Å². The molecule has 0 aromatic heterocycles. The first-order chi connectivity index (χ1) is 14.5. The van der Waals surface area contributed by atoms with Gasteiger partial charge in [0.1, 0.15) is 0 Å². The summed E-state index contributed by atoms with van der Waals surface area (Å²) in [5.41, 5.74) is 0. The summed E-state index contributed by atoms with van der Waals surface area (Å²) < 4.78 is -1.22. The maximum atomic E-state index is 12.9. The minimum Gasteiger partial charge on any atom is -0.618 e. The van der Waals surface area contributed by atoms with E-state index in [4.69, 9.17) is 0 Å². The molecule has 0 rings (SSSR count). The van der Waals surface area contributed by atoms with E-state index in [1.807, 2.05) is 13.8 Å². The Morgan fingerprint density at radius 1 is 0.500 bits per heavy atom. The van der Waals surface area contributed by atoms with Crippen molar-refractivity contribution >= 4 is 11.8 Å². The molecule has 178 valence electrons. The van der Waals surface area contributed by atoms with Crippen molar-refractivity contribution in [2.75, 3.05) is 6.54 Å². The molecule has 0 heterocycles. The monoisotopic (exact) mass is 425 g/mol. The Balaban J connectivity index is 3.68. The van der Waals surface area contributed by atoms with Crippen molar-refractivity contribution in [2.24, 2.45) is 0 Å². The van der Waals surface area contributed by atoms with Crippen LogP contribution in [-0.2, 0) is 9.59 Å². The zero-order valence-corrected chi connectivity index (χ0v) is 20.5. The fraction of sp³-hybridized carbons (Fsp3) is 0.923. The number of hydrogen-bond donors (Lipinski definition) is 0. The van der Waals surface area contributed by atoms with Gasteiger partial charge in [0.05, 0.1) is 19.4 Å². The lowest BCUT2D eigenvalue weighted by Crippen LogP contribution is -2.52. The second-order valence-electron chi connectivity index (χ2n) is 9.05. The van der Waals surface area contributed by atoms with E-state index in [2.05, 4.69) is 6.92 Å². The van der Waals surface area contributed by atoms with Crippen molar-refractivity contribution in [3.8, 4) is 0 Å². The van der Waals surface area contributed by atoms with Gasteiger partial charge in [-0.2, -0.15) is 0 Å². The third kappa shape index (κ3) is 14.3. The highest BCUT2D eigenvalue weighted by molar-refractivity contribution is 5.84. The number of quaternary nitrogens is 1. The first-order valence-electron chi connectivity index (χ1n) is 13.2. The molecule has 0 N–H and O–H groups in total. The largest absolute Gasteiger partial charge is 0.618 e. The third-order valence-corrected chi connectivity index (χ3v) is 6.06. The Bertz CT molecular complexity index is 405. The molecule has 0 saturated carbocycles. The lowest BCUT2D eigenvalue weighted by molar-refractivity contribution is -0.727. The van der Waals surface area contributed by atoms with Crippen molar-refractivity contribution in [2.45, 2.75) is 149 Å². The van der Waals surface area contributed by atoms with Gasteiger partial charge in [0.25, 0.3) is 0 Å². The number of imide groups is 1. The number of hydrogen-bond acceptors (Lipinski definition) is 3. The van der Waals surface area contributed by atoms with Gasteiger partial charge in [-0.1, -0.05) is 111 Å². The standard InChI is InChI=1S/C26H51NO3/c1-4-7-8-9-10-11-12-13-14-15-16-17-18-19-20-21-24-27(30,25(28)22-5-2)26(29)23-6-3/h4-24H2,1-3H3. The molecule has 0 saturated heterocycles. The fourth-order valence-corrected chi connectivity index (χ4v) is 4.06. The second kappa shape index (κ2) is 20.2. The maximum absolute atomic E-state index is 12.9. The van der Waals surface area contributed by atoms with Gasteiger partial charge in [-0.15, -0.1) is 0 Å². The molecule has 4 nitrogen and oxygen atoms in total. The van der Waals surface area contributed by atoms with Crippen LogP contribution in [0.4, 0.5) is 0 Å². The normalized spacial score (nSPS) is 11.7. The first kappa shape index (κ1) is 29.3. The van der Waals surface area contributed by atoms with Gasteiger partial charge in [-0.3, -0.25) is 0 Å². The molecule has 0 aromatic rings. The molecule has 0 spiro atoms. The van der Waals surface area contributed by atoms with E-state index in [0.29, 0.717) is 19.3 Å². The highest BCUT2D eigenvalue weighted by atomic mass is 16.6. The van der Waals surface area contributed by atoms with E-state index in [1.165, 1.54) is 83.5 Å². The van der Waals surface area contributed by atoms with Crippen LogP contribution in [0.1, 0.15) is 149 Å². The van der Waals surface area contributed by atoms with Crippen LogP contribution < -0.4 is 0 Å². The Kier molecular flexibility index (Phi) is 19.7. The lowest BCUT2D eigenvalue weighted by Gasteiger charge is -2.37. The summed E-state index contributed by atoms with van der Waals surface area (Å²) in [5.74, 6) is -0.895. The zero-order chi connectivity index (χ0) is 22.5. The molecule has 2 amide bonds. The first-order valence-corrected chi connectivity index (χ1v) is 13.2. The van der Waals surface area contributed by atoms with Crippen molar-refractivity contribution < 1.29 is 14.2 Å². The fourth-order valence-electron chi connectivity index (χ4n) is 4.06. The molecule has 0 aliphatic carbocycles. The SMILES string of the molecule is CCCCCCCCCCCCCCCCCC[N+]([O-])(C(=O)CCC)C(=O)CCC. The highest BCUT2D eigenvalue weighted by Gasteiger charge is 2.33. The Morgan fingerprint density at radius 2 is 0.800 bits per heavy atom. The second-order valence-corrected chi connectivity index (χ2v) is 9.05. The van der Waals surface area contributed by atoms with Crippen LogP contribution in [0.3, 0.4) is 0 Å². The Labute approximate surface area is 187 Å². The van der Waals surface area contributed by atoms with Gasteiger partial charge in [0.15, 0.2) is 0 Å². The molecule has 0 bridgehead atoms. The number of rotatable bonds is 21. The molecule has 0 aromatic carbocycles. The molecule has 0 fully saturated rings. The summed E-state index contributed by atoms with van der Waals surface area (Å²) in [7, 11) is 0. The summed E-state index contributed by atoms with van der Waals surface area (Å²) >= 11 is 0. The number of amides is 2. The van der Waals surface area contributed by atoms with Crippen LogP contribution in [0.25, 0.3) is 0 Å². The molecule has 0 unspecified atom stereocenters. The van der Waals surface area contributed by atoms with E-state index in [9.17, 15) is 14.8 Å². The molecule has 4 heteroatoms. The Morgan fingerprint density at radius 3 is 1.10 bits per heavy atom. The van der Waals surface area contributed by atoms with Crippen LogP contribution in [-0.4, -0.2) is 23.0 Å². The van der Waals surface area contributed by atoms with Crippen LogP contribution in [0, 0.1) is 5.21 Å². The van der Waals surface area contributed by atoms with Crippen molar-refractivity contribution in [3.63, 3.8) is 0 Å². The quantitative estimate of drug-likeness (QED) is 0.106. The van der Waals surface area contributed by atoms with Gasteiger partial charge >= 0.3 is 11.8 Å². The van der Waals surface area contributed by atoms with E-state index >= 15 is 0 Å². The van der Waals surface area contributed by atoms with Gasteiger partial charge in [-0.05, 0) is 25.7 Å². The molecule has 0 atom stereocenters. The summed E-state index contributed by atoms with van der Waals surface area (Å²) in [6.07, 6.45) is 22.0. The van der Waals surface area contributed by atoms with Gasteiger partial charge in [0, 0.05) is 0 Å². The van der Waals surface area contributed by atoms with E-state index in [1.54, 1.807) is 0 Å². The predicted octanol–water partition coefficient (Wildman–Crippen LogP) is 8.22. The van der Waals surface area contributed by atoms with Crippen molar-refractivity contribution in [1.82, 2.24) is 0 Å². The maximum Gasteiger partial charge on any atom is 0.321 e. The minimum atomic E-state index is -1.22. The number of carbonyl (C=O) groups is 2. The molecule has 0 aliphatic rings. The van der Waals surface area contributed by atoms with Gasteiger partial charge < -0.3 is 5.21 Å². The molecule has 0 radical (unpaired) electrons. The van der Waals surface area contributed by atoms with Crippen molar-refractivity contribution in [3.05, 3.63) is 5.21 Å². The van der Waals surface area contributed by atoms with Crippen LogP contribution in [0.15, 0.2) is 0 Å². The summed E-state index contributed by atoms with van der Waals surface area (Å²) in [5, 5.41) is 12.9. The predicted molar refractivity (Wildman–Crippen MR) is 128 cm³/mol. The average molecular weight is 426 g/mol. The van der Waals surface area contributed by atoms with Crippen LogP contribution in [0.2, 0.25) is 0 Å². The molecule has 0 aliphatic heterocycles. The summed E-state index contributed by atoms with van der Waals surface area (Å²) in [6, 6.07) is 0. The summed E-state index contributed by atoms with van der Waals surface area (Å²) in [4.78, 5) is 24.4. The van der Waals surface area contributed by atoms with E-state index in [0.717, 1.165) is 12.8 Å². The van der Waals surface area contributed by atoms with Gasteiger partial charge in [0.2, 0.25) is 0 Å². The van der Waals surface area contributed by atoms with E-state index in [-0.39, 0.29) is 19.4 Å². The molecule has 30 heavy (non-hydrogen) atoms. The zero-order valence-electron chi connectivity index (χ0n) is 20.5. The average Bonchev–Trinajstić information content (AvgIpc) is 2.73. The smallest absolute Gasteiger partial charge is 0.321 e. The molecular formula is C26H51NO3. The third-order valence-electron chi connectivity index (χ3n) is 6.06. The van der Waals surface area contributed by atoms with Crippen LogP contribution >= 0.6 is 0 Å². The number of nitrogens with zero attached hydrogens (tertiary/aromatic N) is 1. The minimum absolute atomic E-state index is 0.135. The van der Waals surface area contributed by atoms with Crippen molar-refractivity contribution in [1.29, 1.82) is 0 Å². The number of carbonyl (C=O) groups excluding carboxylic acids is 2. The van der Waals surface area contributed by atoms with Gasteiger partial charge in [-0.25, -0.2) is 14.2 Å². The topological polar surface area (TPSA) is 57.2 Å². The summed E-state index contributed by atoms with van der Waals surface area (Å²) in [6.45, 7) is 6.16. The van der Waals surface area contributed by atoms with E-state index < -0.39 is 16.5 Å². The Hall–Kier alpha value is -0.740.